The molecule has 2 aromatic rings. The van der Waals surface area contributed by atoms with Gasteiger partial charge in [0.1, 0.15) is 24.3 Å². The van der Waals surface area contributed by atoms with Gasteiger partial charge < -0.3 is 4.98 Å². The van der Waals surface area contributed by atoms with Crippen LogP contribution in [0, 0.1) is 6.92 Å². The number of aryl methyl sites for hydroxylation is 2. The Kier molecular flexibility index (Phi) is 4.26. The van der Waals surface area contributed by atoms with E-state index in [1.165, 1.54) is 12.7 Å². The van der Waals surface area contributed by atoms with Gasteiger partial charge in [-0.15, -0.1) is 0 Å². The predicted octanol–water partition coefficient (Wildman–Crippen LogP) is 1.15. The molecule has 0 saturated carbocycles. The lowest BCUT2D eigenvalue weighted by Gasteiger charge is -1.87. The fraction of sp³-hybridized carbons (Fsp3) is 0.333. The molecule has 2 heterocycles. The van der Waals surface area contributed by atoms with Crippen LogP contribution in [0.2, 0.25) is 0 Å². The molecule has 0 aliphatic carbocycles. The van der Waals surface area contributed by atoms with Crippen LogP contribution in [-0.4, -0.2) is 24.9 Å². The van der Waals surface area contributed by atoms with E-state index < -0.39 is 0 Å². The van der Waals surface area contributed by atoms with Crippen molar-refractivity contribution in [1.29, 1.82) is 0 Å². The second-order valence-corrected chi connectivity index (χ2v) is 2.58. The van der Waals surface area contributed by atoms with Crippen molar-refractivity contribution in [2.75, 3.05) is 0 Å². The molecule has 0 aromatic carbocycles. The highest BCUT2D eigenvalue weighted by Crippen LogP contribution is 1.82. The maximum Gasteiger partial charge on any atom is 0.131 e. The summed E-state index contributed by atoms with van der Waals surface area (Å²) in [5.41, 5.74) is 0. The third-order valence-corrected chi connectivity index (χ3v) is 1.50. The van der Waals surface area contributed by atoms with Crippen LogP contribution in [0.25, 0.3) is 0 Å². The topological polar surface area (TPSA) is 67.3 Å². The number of imidazole rings is 1. The molecule has 5 nitrogen and oxygen atoms in total. The van der Waals surface area contributed by atoms with Crippen LogP contribution in [0.4, 0.5) is 0 Å². The Morgan fingerprint density at radius 1 is 1.21 bits per heavy atom. The summed E-state index contributed by atoms with van der Waals surface area (Å²) in [6.07, 6.45) is 7.42. The fourth-order valence-corrected chi connectivity index (χ4v) is 0.790. The van der Waals surface area contributed by atoms with E-state index in [1.807, 2.05) is 13.8 Å². The summed E-state index contributed by atoms with van der Waals surface area (Å²) in [6, 6.07) is 0. The zero-order valence-corrected chi connectivity index (χ0v) is 8.31. The summed E-state index contributed by atoms with van der Waals surface area (Å²) in [6.45, 7) is 3.93. The van der Waals surface area contributed by atoms with Crippen LogP contribution >= 0.6 is 0 Å². The molecule has 0 radical (unpaired) electrons. The maximum atomic E-state index is 3.88. The quantitative estimate of drug-likeness (QED) is 0.734. The number of nitrogens with one attached hydrogen (secondary N) is 1. The third kappa shape index (κ3) is 3.75. The van der Waals surface area contributed by atoms with Crippen molar-refractivity contribution in [2.24, 2.45) is 0 Å². The van der Waals surface area contributed by atoms with Crippen molar-refractivity contribution in [3.05, 3.63) is 36.7 Å². The number of hydrogen-bond acceptors (Lipinski definition) is 4. The molecule has 0 aliphatic rings. The molecule has 0 aliphatic heterocycles. The molecule has 5 heteroatoms. The maximum absolute atomic E-state index is 3.88. The number of H-pyrrole nitrogens is 1. The van der Waals surface area contributed by atoms with Gasteiger partial charge in [-0.2, -0.15) is 0 Å². The van der Waals surface area contributed by atoms with Gasteiger partial charge in [-0.25, -0.2) is 19.9 Å². The van der Waals surface area contributed by atoms with Crippen LogP contribution in [0.15, 0.2) is 25.0 Å². The first-order chi connectivity index (χ1) is 6.83. The van der Waals surface area contributed by atoms with Crippen molar-refractivity contribution in [3.8, 4) is 0 Å². The minimum atomic E-state index is 0.847. The van der Waals surface area contributed by atoms with Gasteiger partial charge in [0.25, 0.3) is 0 Å². The van der Waals surface area contributed by atoms with Gasteiger partial charge in [-0.3, -0.25) is 0 Å². The van der Waals surface area contributed by atoms with Crippen molar-refractivity contribution in [2.45, 2.75) is 20.3 Å². The summed E-state index contributed by atoms with van der Waals surface area (Å²) in [7, 11) is 0. The van der Waals surface area contributed by atoms with Crippen molar-refractivity contribution in [1.82, 2.24) is 24.9 Å². The Morgan fingerprint density at radius 3 is 2.21 bits per heavy atom. The molecule has 0 amide bonds. The van der Waals surface area contributed by atoms with E-state index in [1.54, 1.807) is 12.4 Å². The number of rotatable bonds is 1. The number of aromatic amines is 1. The normalized spacial score (nSPS) is 9.00. The van der Waals surface area contributed by atoms with Crippen LogP contribution < -0.4 is 0 Å². The second kappa shape index (κ2) is 5.80. The predicted molar refractivity (Wildman–Crippen MR) is 52.5 cm³/mol. The van der Waals surface area contributed by atoms with Crippen molar-refractivity contribution in [3.63, 3.8) is 0 Å². The minimum absolute atomic E-state index is 0.847. The average Bonchev–Trinajstić information content (AvgIpc) is 2.71. The first kappa shape index (κ1) is 10.3. The summed E-state index contributed by atoms with van der Waals surface area (Å²) in [5, 5.41) is 0. The summed E-state index contributed by atoms with van der Waals surface area (Å²) in [5.74, 6) is 1.81. The molecular weight excluding hydrogens is 178 g/mol. The average molecular weight is 191 g/mol. The van der Waals surface area contributed by atoms with Gasteiger partial charge in [-0.05, 0) is 6.92 Å². The molecule has 0 saturated heterocycles. The van der Waals surface area contributed by atoms with Crippen LogP contribution in [-0.2, 0) is 6.42 Å². The van der Waals surface area contributed by atoms with E-state index in [4.69, 9.17) is 0 Å². The largest absolute Gasteiger partial charge is 0.349 e. The third-order valence-electron chi connectivity index (χ3n) is 1.50. The Hall–Kier alpha value is -1.78. The zero-order chi connectivity index (χ0) is 10.2. The summed E-state index contributed by atoms with van der Waals surface area (Å²) in [4.78, 5) is 18.2. The Morgan fingerprint density at radius 2 is 1.93 bits per heavy atom. The summed E-state index contributed by atoms with van der Waals surface area (Å²) < 4.78 is 0. The van der Waals surface area contributed by atoms with Gasteiger partial charge in [0, 0.05) is 18.8 Å². The Labute approximate surface area is 82.7 Å². The first-order valence-corrected chi connectivity index (χ1v) is 4.39. The smallest absolute Gasteiger partial charge is 0.131 e. The lowest BCUT2D eigenvalue weighted by Crippen LogP contribution is -1.90. The van der Waals surface area contributed by atoms with Crippen molar-refractivity contribution < 1.29 is 0 Å². The second-order valence-electron chi connectivity index (χ2n) is 2.58. The van der Waals surface area contributed by atoms with E-state index >= 15 is 0 Å². The van der Waals surface area contributed by atoms with E-state index in [-0.39, 0.29) is 0 Å². The van der Waals surface area contributed by atoms with E-state index in [9.17, 15) is 0 Å². The van der Waals surface area contributed by atoms with E-state index in [0.29, 0.717) is 0 Å². The van der Waals surface area contributed by atoms with Gasteiger partial charge >= 0.3 is 0 Å². The molecule has 0 bridgehead atoms. The number of aromatic nitrogens is 5. The van der Waals surface area contributed by atoms with Crippen molar-refractivity contribution >= 4 is 0 Å². The molecule has 74 valence electrons. The van der Waals surface area contributed by atoms with Gasteiger partial charge in [0.2, 0.25) is 0 Å². The molecule has 0 unspecified atom stereocenters. The SMILES string of the molecule is CCc1ncncn1.Cc1ncc[nH]1. The Balaban J connectivity index is 0.000000146. The zero-order valence-electron chi connectivity index (χ0n) is 8.31. The van der Waals surface area contributed by atoms with E-state index in [2.05, 4.69) is 24.9 Å². The van der Waals surface area contributed by atoms with Crippen LogP contribution in [0.1, 0.15) is 18.6 Å². The van der Waals surface area contributed by atoms with Gasteiger partial charge in [0.15, 0.2) is 0 Å². The van der Waals surface area contributed by atoms with Gasteiger partial charge in [-0.1, -0.05) is 6.92 Å². The lowest BCUT2D eigenvalue weighted by molar-refractivity contribution is 0.896. The molecule has 0 spiro atoms. The molecule has 1 N–H and O–H groups in total. The lowest BCUT2D eigenvalue weighted by atomic mass is 10.5. The van der Waals surface area contributed by atoms with Gasteiger partial charge in [0.05, 0.1) is 0 Å². The molecular formula is C9H13N5. The van der Waals surface area contributed by atoms with E-state index in [0.717, 1.165) is 18.1 Å². The first-order valence-electron chi connectivity index (χ1n) is 4.39. The number of hydrogen-bond donors (Lipinski definition) is 1. The highest BCUT2D eigenvalue weighted by Gasteiger charge is 1.84. The molecule has 2 rings (SSSR count). The Bertz CT molecular complexity index is 329. The molecule has 0 fully saturated rings. The number of nitrogens with zero attached hydrogens (tertiary/aromatic N) is 4. The van der Waals surface area contributed by atoms with Crippen LogP contribution in [0.3, 0.4) is 0 Å². The molecule has 0 atom stereocenters. The van der Waals surface area contributed by atoms with Crippen LogP contribution in [0.5, 0.6) is 0 Å². The highest BCUT2D eigenvalue weighted by atomic mass is 15.0. The standard InChI is InChI=1S/C5H7N3.C4H6N2/c1-2-5-7-3-6-4-8-5;1-4-5-2-3-6-4/h3-4H,2H2,1H3;2-3H,1H3,(H,5,6). The minimum Gasteiger partial charge on any atom is -0.349 e. The molecule has 2 aromatic heterocycles. The monoisotopic (exact) mass is 191 g/mol. The highest BCUT2D eigenvalue weighted by molar-refractivity contribution is 4.80. The fourth-order valence-electron chi connectivity index (χ4n) is 0.790. The molecule has 14 heavy (non-hydrogen) atoms. The summed E-state index contributed by atoms with van der Waals surface area (Å²) >= 11 is 0.